The summed E-state index contributed by atoms with van der Waals surface area (Å²) in [5, 5.41) is 11.6. The molecule has 0 unspecified atom stereocenters. The van der Waals surface area contributed by atoms with Gasteiger partial charge in [0, 0.05) is 0 Å². The van der Waals surface area contributed by atoms with Crippen molar-refractivity contribution in [1.29, 1.82) is 0 Å². The minimum atomic E-state index is -1.56. The first-order valence-electron chi connectivity index (χ1n) is 7.53. The molecule has 0 aliphatic carbocycles. The third kappa shape index (κ3) is 4.86. The van der Waals surface area contributed by atoms with E-state index in [1.807, 2.05) is 0 Å². The third-order valence-corrected chi connectivity index (χ3v) is 5.93. The van der Waals surface area contributed by atoms with Crippen LogP contribution in [0.2, 0.25) is 0 Å². The second kappa shape index (κ2) is 7.92. The van der Waals surface area contributed by atoms with Crippen molar-refractivity contribution in [3.8, 4) is 0 Å². The molecule has 1 aromatic rings. The topological polar surface area (TPSA) is 98.5 Å². The highest BCUT2D eigenvalue weighted by Crippen LogP contribution is 2.42. The summed E-state index contributed by atoms with van der Waals surface area (Å²) in [7, 11) is -0.309. The highest BCUT2D eigenvalue weighted by atomic mass is 79.9. The number of esters is 1. The molecule has 140 valence electrons. The number of carbonyl (C=O) groups excluding carboxylic acids is 1. The molecule has 1 aromatic carbocycles. The van der Waals surface area contributed by atoms with Gasteiger partial charge in [0.1, 0.15) is 0 Å². The van der Waals surface area contributed by atoms with Crippen LogP contribution in [-0.4, -0.2) is 27.0 Å². The predicted octanol–water partition coefficient (Wildman–Crippen LogP) is 3.65. The number of halogens is 1. The third-order valence-electron chi connectivity index (χ3n) is 3.73. The van der Waals surface area contributed by atoms with E-state index in [2.05, 4.69) is 20.7 Å². The maximum Gasteiger partial charge on any atom is 0.313 e. The molecule has 0 saturated heterocycles. The Hall–Kier alpha value is -1.32. The lowest BCUT2D eigenvalue weighted by Crippen LogP contribution is -2.45. The normalized spacial score (nSPS) is 14.7. The molecule has 9 heteroatoms. The Kier molecular flexibility index (Phi) is 6.88. The fourth-order valence-electron chi connectivity index (χ4n) is 2.22. The number of rotatable bonds is 6. The van der Waals surface area contributed by atoms with E-state index in [0.717, 1.165) is 0 Å². The number of methoxy groups -OCH3 is 1. The molecule has 0 aliphatic rings. The molecule has 0 aliphatic heterocycles. The van der Waals surface area contributed by atoms with Gasteiger partial charge in [-0.3, -0.25) is 14.9 Å². The summed E-state index contributed by atoms with van der Waals surface area (Å²) < 4.78 is 20.1. The molecule has 0 fully saturated rings. The summed E-state index contributed by atoms with van der Waals surface area (Å²) in [4.78, 5) is 23.3. The van der Waals surface area contributed by atoms with E-state index in [1.54, 1.807) is 52.8 Å². The van der Waals surface area contributed by atoms with Crippen molar-refractivity contribution in [3.63, 3.8) is 0 Å². The SMILES string of the molecule is COC(=O)C(C)(C)[C@@H](N[S@@](=O)C(C)(C)C)c1cccc(Br)c1[N+](=O)[O-]. The van der Waals surface area contributed by atoms with E-state index in [-0.39, 0.29) is 15.7 Å². The van der Waals surface area contributed by atoms with Gasteiger partial charge in [0.25, 0.3) is 5.69 Å². The van der Waals surface area contributed by atoms with Gasteiger partial charge in [-0.05, 0) is 56.6 Å². The van der Waals surface area contributed by atoms with Crippen molar-refractivity contribution in [1.82, 2.24) is 4.72 Å². The summed E-state index contributed by atoms with van der Waals surface area (Å²) >= 11 is 3.18. The van der Waals surface area contributed by atoms with Crippen LogP contribution in [0.3, 0.4) is 0 Å². The van der Waals surface area contributed by atoms with Crippen LogP contribution >= 0.6 is 15.9 Å². The van der Waals surface area contributed by atoms with E-state index in [9.17, 15) is 19.1 Å². The second-order valence-electron chi connectivity index (χ2n) is 7.08. The van der Waals surface area contributed by atoms with Crippen molar-refractivity contribution in [2.75, 3.05) is 7.11 Å². The highest BCUT2D eigenvalue weighted by Gasteiger charge is 2.44. The maximum absolute atomic E-state index is 12.6. The van der Waals surface area contributed by atoms with E-state index in [1.165, 1.54) is 7.11 Å². The quantitative estimate of drug-likeness (QED) is 0.418. The van der Waals surface area contributed by atoms with Crippen LogP contribution in [-0.2, 0) is 20.5 Å². The lowest BCUT2D eigenvalue weighted by molar-refractivity contribution is -0.386. The Morgan fingerprint density at radius 1 is 1.32 bits per heavy atom. The van der Waals surface area contributed by atoms with Crippen LogP contribution in [0.4, 0.5) is 5.69 Å². The number of nitro groups is 1. The number of hydrogen-bond donors (Lipinski definition) is 1. The molecule has 0 saturated carbocycles. The van der Waals surface area contributed by atoms with E-state index < -0.39 is 38.1 Å². The van der Waals surface area contributed by atoms with Crippen LogP contribution in [0.25, 0.3) is 0 Å². The van der Waals surface area contributed by atoms with Crippen LogP contribution < -0.4 is 4.72 Å². The van der Waals surface area contributed by atoms with Crippen LogP contribution in [0, 0.1) is 15.5 Å². The van der Waals surface area contributed by atoms with Crippen LogP contribution in [0.5, 0.6) is 0 Å². The van der Waals surface area contributed by atoms with Gasteiger partial charge in [0.15, 0.2) is 0 Å². The highest BCUT2D eigenvalue weighted by molar-refractivity contribution is 9.10. The number of hydrogen-bond acceptors (Lipinski definition) is 5. The molecule has 1 rings (SSSR count). The van der Waals surface area contributed by atoms with E-state index >= 15 is 0 Å². The molecule has 0 bridgehead atoms. The Balaban J connectivity index is 3.59. The Bertz CT molecular complexity index is 700. The standard InChI is InChI=1S/C16H23BrN2O5S/c1-15(2,3)25(23)18-13(16(4,5)14(20)24-6)10-8-7-9-11(17)12(10)19(21)22/h7-9,13,18H,1-6H3/t13-,25-/m0/s1. The average Bonchev–Trinajstić information content (AvgIpc) is 2.49. The zero-order valence-electron chi connectivity index (χ0n) is 15.1. The van der Waals surface area contributed by atoms with Crippen LogP contribution in [0.15, 0.2) is 22.7 Å². The largest absolute Gasteiger partial charge is 0.469 e. The summed E-state index contributed by atoms with van der Waals surface area (Å²) in [5.41, 5.74) is -1.11. The lowest BCUT2D eigenvalue weighted by Gasteiger charge is -2.34. The number of carbonyl (C=O) groups is 1. The van der Waals surface area contributed by atoms with Gasteiger partial charge in [-0.1, -0.05) is 12.1 Å². The average molecular weight is 435 g/mol. The zero-order chi connectivity index (χ0) is 19.6. The van der Waals surface area contributed by atoms with Gasteiger partial charge in [0.2, 0.25) is 0 Å². The summed E-state index contributed by atoms with van der Waals surface area (Å²) in [6.45, 7) is 8.51. The minimum absolute atomic E-state index is 0.178. The number of nitrogens with zero attached hydrogens (tertiary/aromatic N) is 1. The zero-order valence-corrected chi connectivity index (χ0v) is 17.5. The molecule has 0 amide bonds. The summed E-state index contributed by atoms with van der Waals surface area (Å²) in [6, 6.07) is 3.84. The van der Waals surface area contributed by atoms with Crippen molar-refractivity contribution >= 4 is 38.6 Å². The predicted molar refractivity (Wildman–Crippen MR) is 100 cm³/mol. The first-order valence-corrected chi connectivity index (χ1v) is 9.47. The van der Waals surface area contributed by atoms with Gasteiger partial charge >= 0.3 is 5.97 Å². The number of benzene rings is 1. The Morgan fingerprint density at radius 2 is 1.88 bits per heavy atom. The van der Waals surface area contributed by atoms with Crippen molar-refractivity contribution in [2.45, 2.75) is 45.4 Å². The van der Waals surface area contributed by atoms with E-state index in [0.29, 0.717) is 0 Å². The van der Waals surface area contributed by atoms with Gasteiger partial charge in [-0.25, -0.2) is 8.93 Å². The fraction of sp³-hybridized carbons (Fsp3) is 0.562. The summed E-state index contributed by atoms with van der Waals surface area (Å²) in [6.07, 6.45) is 0. The minimum Gasteiger partial charge on any atom is -0.469 e. The molecule has 0 radical (unpaired) electrons. The molecule has 0 aromatic heterocycles. The van der Waals surface area contributed by atoms with Gasteiger partial charge in [0.05, 0.1) is 49.3 Å². The second-order valence-corrected chi connectivity index (χ2v) is 9.93. The molecule has 0 spiro atoms. The molecule has 1 N–H and O–H groups in total. The van der Waals surface area contributed by atoms with E-state index in [4.69, 9.17) is 4.74 Å². The Morgan fingerprint density at radius 3 is 2.32 bits per heavy atom. The number of para-hydroxylation sites is 1. The molecular weight excluding hydrogens is 412 g/mol. The number of nitrogens with one attached hydrogen (secondary N) is 1. The van der Waals surface area contributed by atoms with Gasteiger partial charge in [-0.2, -0.15) is 0 Å². The van der Waals surface area contributed by atoms with Gasteiger partial charge in [-0.15, -0.1) is 0 Å². The molecule has 0 heterocycles. The number of ether oxygens (including phenoxy) is 1. The first kappa shape index (κ1) is 21.7. The van der Waals surface area contributed by atoms with Crippen molar-refractivity contribution in [3.05, 3.63) is 38.3 Å². The maximum atomic E-state index is 12.6. The lowest BCUT2D eigenvalue weighted by atomic mass is 9.80. The number of nitro benzene ring substituents is 1. The molecule has 25 heavy (non-hydrogen) atoms. The van der Waals surface area contributed by atoms with Crippen LogP contribution in [0.1, 0.15) is 46.2 Å². The Labute approximate surface area is 158 Å². The fourth-order valence-corrected chi connectivity index (χ4v) is 3.74. The van der Waals surface area contributed by atoms with Crippen molar-refractivity contribution in [2.24, 2.45) is 5.41 Å². The molecular formula is C16H23BrN2O5S. The molecule has 2 atom stereocenters. The van der Waals surface area contributed by atoms with Gasteiger partial charge < -0.3 is 4.74 Å². The summed E-state index contributed by atoms with van der Waals surface area (Å²) in [5.74, 6) is -0.565. The molecule has 7 nitrogen and oxygen atoms in total. The smallest absolute Gasteiger partial charge is 0.313 e. The first-order chi connectivity index (χ1) is 11.3. The monoisotopic (exact) mass is 434 g/mol. The van der Waals surface area contributed by atoms with Crippen molar-refractivity contribution < 1.29 is 18.7 Å².